The highest BCUT2D eigenvalue weighted by atomic mass is 32.1. The fourth-order valence-corrected chi connectivity index (χ4v) is 6.44. The molecule has 3 aromatic rings. The van der Waals surface area contributed by atoms with Gasteiger partial charge < -0.3 is 20.0 Å². The Labute approximate surface area is 227 Å². The van der Waals surface area contributed by atoms with E-state index in [0.29, 0.717) is 12.2 Å². The molecule has 2 aromatic heterocycles. The van der Waals surface area contributed by atoms with Gasteiger partial charge in [0.05, 0.1) is 17.9 Å². The third-order valence-electron chi connectivity index (χ3n) is 7.94. The Morgan fingerprint density at radius 2 is 1.58 bits per heavy atom. The molecule has 200 valence electrons. The van der Waals surface area contributed by atoms with Crippen LogP contribution in [0.25, 0.3) is 16.9 Å². The van der Waals surface area contributed by atoms with Crippen molar-refractivity contribution in [3.8, 4) is 16.9 Å². The van der Waals surface area contributed by atoms with Gasteiger partial charge in [-0.3, -0.25) is 14.5 Å². The lowest BCUT2D eigenvalue weighted by Gasteiger charge is -2.32. The molecule has 0 radical (unpaired) electrons. The maximum atomic E-state index is 13.6. The lowest BCUT2D eigenvalue weighted by molar-refractivity contribution is -0.117. The maximum Gasteiger partial charge on any atom is 0.274 e. The second-order valence-electron chi connectivity index (χ2n) is 10.6. The molecule has 2 fully saturated rings. The lowest BCUT2D eigenvalue weighted by atomic mass is 9.94. The van der Waals surface area contributed by atoms with E-state index in [4.69, 9.17) is 5.10 Å². The number of carbonyl (C=O) groups is 2. The van der Waals surface area contributed by atoms with E-state index < -0.39 is 0 Å². The number of likely N-dealkylation sites (N-methyl/N-ethyl adjacent to an activating group) is 2. The van der Waals surface area contributed by atoms with Gasteiger partial charge in [0.25, 0.3) is 5.91 Å². The molecule has 2 amide bonds. The lowest BCUT2D eigenvalue weighted by Crippen LogP contribution is -2.47. The predicted molar refractivity (Wildman–Crippen MR) is 150 cm³/mol. The molecule has 0 bridgehead atoms. The zero-order chi connectivity index (χ0) is 26.2. The van der Waals surface area contributed by atoms with Crippen LogP contribution in [-0.4, -0.2) is 114 Å². The van der Waals surface area contributed by atoms with Crippen LogP contribution in [0.3, 0.4) is 0 Å². The van der Waals surface area contributed by atoms with Gasteiger partial charge in [-0.1, -0.05) is 0 Å². The number of amides is 2. The minimum atomic E-state index is 0.00162. The van der Waals surface area contributed by atoms with Crippen LogP contribution in [0.4, 0.5) is 5.69 Å². The van der Waals surface area contributed by atoms with Gasteiger partial charge in [0, 0.05) is 74.0 Å². The van der Waals surface area contributed by atoms with E-state index in [0.717, 1.165) is 87.8 Å². The van der Waals surface area contributed by atoms with Gasteiger partial charge in [0.1, 0.15) is 0 Å². The number of piperazine rings is 2. The Hall–Kier alpha value is -3.05. The molecule has 1 aromatic carbocycles. The summed E-state index contributed by atoms with van der Waals surface area (Å²) in [5, 5.41) is 10.1. The Morgan fingerprint density at radius 1 is 0.895 bits per heavy atom. The van der Waals surface area contributed by atoms with Crippen LogP contribution in [0.15, 0.2) is 35.7 Å². The third-order valence-corrected chi connectivity index (χ3v) is 8.92. The monoisotopic (exact) mass is 533 g/mol. The summed E-state index contributed by atoms with van der Waals surface area (Å²) in [6.45, 7) is 7.41. The number of thiophene rings is 1. The van der Waals surface area contributed by atoms with E-state index in [-0.39, 0.29) is 11.8 Å². The number of benzene rings is 1. The van der Waals surface area contributed by atoms with Gasteiger partial charge in [0.15, 0.2) is 5.69 Å². The summed E-state index contributed by atoms with van der Waals surface area (Å²) in [6, 6.07) is 9.94. The highest BCUT2D eigenvalue weighted by molar-refractivity contribution is 7.10. The van der Waals surface area contributed by atoms with E-state index in [1.807, 2.05) is 33.8 Å². The molecular weight excluding hydrogens is 498 g/mol. The average molecular weight is 534 g/mol. The molecule has 0 spiro atoms. The Morgan fingerprint density at radius 3 is 2.29 bits per heavy atom. The zero-order valence-corrected chi connectivity index (χ0v) is 23.0. The van der Waals surface area contributed by atoms with Crippen molar-refractivity contribution in [1.29, 1.82) is 0 Å². The van der Waals surface area contributed by atoms with Gasteiger partial charge in [-0.25, -0.2) is 4.68 Å². The van der Waals surface area contributed by atoms with Crippen molar-refractivity contribution >= 4 is 28.8 Å². The molecule has 38 heavy (non-hydrogen) atoms. The summed E-state index contributed by atoms with van der Waals surface area (Å²) in [5.41, 5.74) is 5.46. The number of nitrogens with zero attached hydrogens (tertiary/aromatic N) is 6. The number of aryl methyl sites for hydroxylation is 1. The SMILES string of the molecule is CN1CCN(CC(=O)Nc2ccc(-n3nc(C(=O)N4CCN(C)CC4)c4c3-c3ccsc3CC4)cc2)CC1. The Bertz CT molecular complexity index is 1320. The summed E-state index contributed by atoms with van der Waals surface area (Å²) in [7, 11) is 4.20. The number of fused-ring (bicyclic) bond motifs is 3. The van der Waals surface area contributed by atoms with E-state index in [1.165, 1.54) is 10.4 Å². The smallest absolute Gasteiger partial charge is 0.274 e. The maximum absolute atomic E-state index is 13.6. The minimum Gasteiger partial charge on any atom is -0.335 e. The number of nitrogens with one attached hydrogen (secondary N) is 1. The van der Waals surface area contributed by atoms with Crippen molar-refractivity contribution < 1.29 is 9.59 Å². The van der Waals surface area contributed by atoms with Crippen molar-refractivity contribution in [3.05, 3.63) is 51.8 Å². The van der Waals surface area contributed by atoms with Crippen LogP contribution in [0, 0.1) is 0 Å². The Balaban J connectivity index is 1.24. The molecule has 1 N–H and O–H groups in total. The van der Waals surface area contributed by atoms with E-state index in [2.05, 4.69) is 45.6 Å². The minimum absolute atomic E-state index is 0.00162. The van der Waals surface area contributed by atoms with Crippen LogP contribution in [-0.2, 0) is 17.6 Å². The average Bonchev–Trinajstić information content (AvgIpc) is 3.55. The highest BCUT2D eigenvalue weighted by Crippen LogP contribution is 2.40. The van der Waals surface area contributed by atoms with Gasteiger partial charge in [0.2, 0.25) is 5.91 Å². The van der Waals surface area contributed by atoms with E-state index in [9.17, 15) is 9.59 Å². The zero-order valence-electron chi connectivity index (χ0n) is 22.2. The summed E-state index contributed by atoms with van der Waals surface area (Å²) in [5.74, 6) is 0.0290. The first-order valence-corrected chi connectivity index (χ1v) is 14.3. The first-order valence-electron chi connectivity index (χ1n) is 13.4. The van der Waals surface area contributed by atoms with Gasteiger partial charge >= 0.3 is 0 Å². The topological polar surface area (TPSA) is 76.9 Å². The van der Waals surface area contributed by atoms with Crippen LogP contribution >= 0.6 is 11.3 Å². The molecule has 10 heteroatoms. The molecule has 1 aliphatic carbocycles. The first kappa shape index (κ1) is 25.2. The number of anilines is 1. The molecule has 3 aliphatic rings. The van der Waals surface area contributed by atoms with E-state index >= 15 is 0 Å². The summed E-state index contributed by atoms with van der Waals surface area (Å²) in [6.07, 6.45) is 1.76. The highest BCUT2D eigenvalue weighted by Gasteiger charge is 2.32. The largest absolute Gasteiger partial charge is 0.335 e. The first-order chi connectivity index (χ1) is 18.5. The molecule has 2 aliphatic heterocycles. The molecular formula is C28H35N7O2S. The molecule has 2 saturated heterocycles. The van der Waals surface area contributed by atoms with Crippen molar-refractivity contribution in [2.24, 2.45) is 0 Å². The second-order valence-corrected chi connectivity index (χ2v) is 11.6. The van der Waals surface area contributed by atoms with Gasteiger partial charge in [-0.15, -0.1) is 11.3 Å². The molecule has 4 heterocycles. The molecule has 0 unspecified atom stereocenters. The second kappa shape index (κ2) is 10.6. The number of hydrogen-bond acceptors (Lipinski definition) is 7. The summed E-state index contributed by atoms with van der Waals surface area (Å²) >= 11 is 1.77. The number of carbonyl (C=O) groups excluding carboxylic acids is 2. The fraction of sp³-hybridized carbons (Fsp3) is 0.464. The third kappa shape index (κ3) is 5.01. The van der Waals surface area contributed by atoms with Crippen LogP contribution < -0.4 is 5.32 Å². The summed E-state index contributed by atoms with van der Waals surface area (Å²) < 4.78 is 1.93. The standard InChI is InChI=1S/C28H35N7O2S/c1-31-10-14-33(15-11-31)19-25(36)29-20-3-5-21(6-4-20)35-27-22-9-18-38-24(22)8-7-23(27)26(30-35)28(37)34-16-12-32(2)13-17-34/h3-6,9,18H,7-8,10-17,19H2,1-2H3,(H,29,36). The quantitative estimate of drug-likeness (QED) is 0.542. The predicted octanol–water partition coefficient (Wildman–Crippen LogP) is 2.27. The number of rotatable bonds is 5. The van der Waals surface area contributed by atoms with Crippen molar-refractivity contribution in [3.63, 3.8) is 0 Å². The van der Waals surface area contributed by atoms with Crippen LogP contribution in [0.1, 0.15) is 20.9 Å². The van der Waals surface area contributed by atoms with Gasteiger partial charge in [-0.2, -0.15) is 5.10 Å². The van der Waals surface area contributed by atoms with Crippen LogP contribution in [0.5, 0.6) is 0 Å². The van der Waals surface area contributed by atoms with Gasteiger partial charge in [-0.05, 0) is 62.6 Å². The molecule has 0 atom stereocenters. The number of aromatic nitrogens is 2. The fourth-order valence-electron chi connectivity index (χ4n) is 5.56. The van der Waals surface area contributed by atoms with Crippen molar-refractivity contribution in [2.75, 3.05) is 78.3 Å². The number of hydrogen-bond donors (Lipinski definition) is 1. The van der Waals surface area contributed by atoms with Crippen molar-refractivity contribution in [1.82, 2.24) is 29.4 Å². The van der Waals surface area contributed by atoms with Crippen molar-refractivity contribution in [2.45, 2.75) is 12.8 Å². The molecule has 6 rings (SSSR count). The Kier molecular flexibility index (Phi) is 7.05. The molecule has 9 nitrogen and oxygen atoms in total. The molecule has 0 saturated carbocycles. The van der Waals surface area contributed by atoms with E-state index in [1.54, 1.807) is 11.3 Å². The van der Waals surface area contributed by atoms with Crippen LogP contribution in [0.2, 0.25) is 0 Å². The summed E-state index contributed by atoms with van der Waals surface area (Å²) in [4.78, 5) is 36.2. The normalized spacial score (nSPS) is 18.7.